The highest BCUT2D eigenvalue weighted by atomic mass is 16.6. The summed E-state index contributed by atoms with van der Waals surface area (Å²) in [6.45, 7) is 2.22. The van der Waals surface area contributed by atoms with E-state index in [1.54, 1.807) is 0 Å². The molecule has 7 heteroatoms. The van der Waals surface area contributed by atoms with Crippen molar-refractivity contribution in [2.75, 3.05) is 5.32 Å². The summed E-state index contributed by atoms with van der Waals surface area (Å²) < 4.78 is 5.32. The molecule has 7 nitrogen and oxygen atoms in total. The zero-order valence-corrected chi connectivity index (χ0v) is 8.56. The number of aromatic nitrogens is 2. The molecule has 2 N–H and O–H groups in total. The Bertz CT molecular complexity index is 502. The lowest BCUT2D eigenvalue weighted by atomic mass is 10.4. The van der Waals surface area contributed by atoms with Gasteiger partial charge in [0.1, 0.15) is 17.7 Å². The predicted molar refractivity (Wildman–Crippen MR) is 56.0 cm³/mol. The third-order valence-corrected chi connectivity index (χ3v) is 2.05. The van der Waals surface area contributed by atoms with Gasteiger partial charge in [0.25, 0.3) is 0 Å². The first kappa shape index (κ1) is 10.2. The highest BCUT2D eigenvalue weighted by Gasteiger charge is 2.14. The molecule has 0 amide bonds. The van der Waals surface area contributed by atoms with Gasteiger partial charge in [0.15, 0.2) is 5.69 Å². The van der Waals surface area contributed by atoms with Gasteiger partial charge in [0.2, 0.25) is 0 Å². The molecule has 0 aliphatic rings. The zero-order chi connectivity index (χ0) is 11.5. The highest BCUT2D eigenvalue weighted by molar-refractivity contribution is 5.55. The Morgan fingerprint density at radius 3 is 3.06 bits per heavy atom. The Balaban J connectivity index is 2.04. The van der Waals surface area contributed by atoms with Gasteiger partial charge in [-0.1, -0.05) is 5.10 Å². The molecule has 2 aromatic rings. The average Bonchev–Trinajstić information content (AvgIpc) is 2.83. The molecule has 0 bridgehead atoms. The molecule has 0 aliphatic carbocycles. The van der Waals surface area contributed by atoms with Crippen molar-refractivity contribution in [2.45, 2.75) is 13.5 Å². The SMILES string of the molecule is Cc1ccc(CNc2cn[nH]c2[N+](=O)[O-])o1. The van der Waals surface area contributed by atoms with Crippen LogP contribution in [0.4, 0.5) is 11.5 Å². The number of aromatic amines is 1. The molecule has 0 radical (unpaired) electrons. The number of aryl methyl sites for hydroxylation is 1. The van der Waals surface area contributed by atoms with Crippen LogP contribution in [0, 0.1) is 17.0 Å². The number of hydrogen-bond donors (Lipinski definition) is 2. The Morgan fingerprint density at radius 1 is 1.62 bits per heavy atom. The Kier molecular flexibility index (Phi) is 2.59. The third-order valence-electron chi connectivity index (χ3n) is 2.05. The van der Waals surface area contributed by atoms with Gasteiger partial charge in [-0.3, -0.25) is 0 Å². The van der Waals surface area contributed by atoms with Gasteiger partial charge < -0.3 is 19.8 Å². The summed E-state index contributed by atoms with van der Waals surface area (Å²) in [5.41, 5.74) is 0.346. The van der Waals surface area contributed by atoms with Gasteiger partial charge in [-0.05, 0) is 24.0 Å². The van der Waals surface area contributed by atoms with Crippen LogP contribution in [0.1, 0.15) is 11.5 Å². The molecule has 2 heterocycles. The molecule has 0 fully saturated rings. The summed E-state index contributed by atoms with van der Waals surface area (Å²) in [5, 5.41) is 19.3. The molecule has 0 aromatic carbocycles. The number of furan rings is 1. The highest BCUT2D eigenvalue weighted by Crippen LogP contribution is 2.20. The van der Waals surface area contributed by atoms with Crippen molar-refractivity contribution in [1.82, 2.24) is 10.2 Å². The van der Waals surface area contributed by atoms with E-state index in [-0.39, 0.29) is 5.82 Å². The lowest BCUT2D eigenvalue weighted by Gasteiger charge is -2.00. The number of rotatable bonds is 4. The number of nitro groups is 1. The Hall–Kier alpha value is -2.31. The fourth-order valence-electron chi connectivity index (χ4n) is 1.31. The molecule has 0 atom stereocenters. The normalized spacial score (nSPS) is 10.3. The van der Waals surface area contributed by atoms with Crippen LogP contribution in [0.2, 0.25) is 0 Å². The molecule has 0 unspecified atom stereocenters. The second-order valence-electron chi connectivity index (χ2n) is 3.26. The molecule has 0 spiro atoms. The molecule has 2 rings (SSSR count). The first-order chi connectivity index (χ1) is 7.66. The number of hydrogen-bond acceptors (Lipinski definition) is 5. The first-order valence-corrected chi connectivity index (χ1v) is 4.64. The standard InChI is InChI=1S/C9H10N4O3/c1-6-2-3-7(16-6)4-10-8-5-11-12-9(8)13(14)15/h2-3,5,10H,4H2,1H3,(H,11,12). The third kappa shape index (κ3) is 2.02. The molecular weight excluding hydrogens is 212 g/mol. The van der Waals surface area contributed by atoms with E-state index in [2.05, 4.69) is 15.5 Å². The molecule has 84 valence electrons. The summed E-state index contributed by atoms with van der Waals surface area (Å²) in [6.07, 6.45) is 1.37. The zero-order valence-electron chi connectivity index (χ0n) is 8.56. The van der Waals surface area contributed by atoms with Crippen LogP contribution >= 0.6 is 0 Å². The monoisotopic (exact) mass is 222 g/mol. The number of H-pyrrole nitrogens is 1. The summed E-state index contributed by atoms with van der Waals surface area (Å²) in [6, 6.07) is 3.65. The van der Waals surface area contributed by atoms with Crippen LogP contribution in [0.5, 0.6) is 0 Å². The molecule has 0 aliphatic heterocycles. The van der Waals surface area contributed by atoms with E-state index in [9.17, 15) is 10.1 Å². The summed E-state index contributed by atoms with van der Waals surface area (Å²) in [4.78, 5) is 10.0. The van der Waals surface area contributed by atoms with Gasteiger partial charge in [0, 0.05) is 0 Å². The van der Waals surface area contributed by atoms with Gasteiger partial charge in [0.05, 0.1) is 6.54 Å². The van der Waals surface area contributed by atoms with Gasteiger partial charge in [-0.2, -0.15) is 0 Å². The second-order valence-corrected chi connectivity index (χ2v) is 3.26. The minimum atomic E-state index is -0.525. The Labute approximate surface area is 90.6 Å². The molecular formula is C9H10N4O3. The predicted octanol–water partition coefficient (Wildman–Crippen LogP) is 1.83. The van der Waals surface area contributed by atoms with E-state index in [4.69, 9.17) is 4.42 Å². The quantitative estimate of drug-likeness (QED) is 0.607. The van der Waals surface area contributed by atoms with Gasteiger partial charge in [-0.15, -0.1) is 5.10 Å². The van der Waals surface area contributed by atoms with Crippen LogP contribution in [0.25, 0.3) is 0 Å². The van der Waals surface area contributed by atoms with Crippen LogP contribution in [0.3, 0.4) is 0 Å². The summed E-state index contributed by atoms with van der Waals surface area (Å²) >= 11 is 0. The smallest absolute Gasteiger partial charge is 0.366 e. The minimum absolute atomic E-state index is 0.150. The van der Waals surface area contributed by atoms with Gasteiger partial charge >= 0.3 is 5.82 Å². The average molecular weight is 222 g/mol. The van der Waals surface area contributed by atoms with Crippen molar-refractivity contribution in [2.24, 2.45) is 0 Å². The summed E-state index contributed by atoms with van der Waals surface area (Å²) in [7, 11) is 0. The fraction of sp³-hybridized carbons (Fsp3) is 0.222. The van der Waals surface area contributed by atoms with E-state index in [0.29, 0.717) is 18.0 Å². The van der Waals surface area contributed by atoms with Gasteiger partial charge in [-0.25, -0.2) is 0 Å². The molecule has 0 saturated carbocycles. The fourth-order valence-corrected chi connectivity index (χ4v) is 1.31. The van der Waals surface area contributed by atoms with Crippen molar-refractivity contribution < 1.29 is 9.34 Å². The van der Waals surface area contributed by atoms with E-state index in [1.807, 2.05) is 19.1 Å². The number of nitrogens with one attached hydrogen (secondary N) is 2. The number of anilines is 1. The van der Waals surface area contributed by atoms with E-state index < -0.39 is 4.92 Å². The van der Waals surface area contributed by atoms with Crippen LogP contribution in [0.15, 0.2) is 22.7 Å². The molecule has 0 saturated heterocycles. The van der Waals surface area contributed by atoms with Crippen LogP contribution < -0.4 is 5.32 Å². The van der Waals surface area contributed by atoms with E-state index in [0.717, 1.165) is 5.76 Å². The van der Waals surface area contributed by atoms with E-state index in [1.165, 1.54) is 6.20 Å². The van der Waals surface area contributed by atoms with E-state index >= 15 is 0 Å². The van der Waals surface area contributed by atoms with Crippen molar-refractivity contribution in [3.8, 4) is 0 Å². The van der Waals surface area contributed by atoms with Crippen molar-refractivity contribution in [3.05, 3.63) is 40.0 Å². The largest absolute Gasteiger partial charge is 0.465 e. The van der Waals surface area contributed by atoms with Crippen LogP contribution in [-0.4, -0.2) is 15.1 Å². The first-order valence-electron chi connectivity index (χ1n) is 4.64. The molecule has 16 heavy (non-hydrogen) atoms. The summed E-state index contributed by atoms with van der Waals surface area (Å²) in [5.74, 6) is 1.37. The topological polar surface area (TPSA) is 97.0 Å². The number of nitrogens with zero attached hydrogens (tertiary/aromatic N) is 2. The molecule has 2 aromatic heterocycles. The maximum Gasteiger partial charge on any atom is 0.366 e. The lowest BCUT2D eigenvalue weighted by molar-refractivity contribution is -0.388. The van der Waals surface area contributed by atoms with Crippen molar-refractivity contribution in [3.63, 3.8) is 0 Å². The minimum Gasteiger partial charge on any atom is -0.465 e. The Morgan fingerprint density at radius 2 is 2.44 bits per heavy atom. The van der Waals surface area contributed by atoms with Crippen molar-refractivity contribution >= 4 is 11.5 Å². The lowest BCUT2D eigenvalue weighted by Crippen LogP contribution is -2.00. The van der Waals surface area contributed by atoms with Crippen molar-refractivity contribution in [1.29, 1.82) is 0 Å². The van der Waals surface area contributed by atoms with Crippen LogP contribution in [-0.2, 0) is 6.54 Å². The maximum absolute atomic E-state index is 10.6. The maximum atomic E-state index is 10.6. The second kappa shape index (κ2) is 4.05.